The van der Waals surface area contributed by atoms with E-state index in [-0.39, 0.29) is 5.95 Å². The third-order valence-electron chi connectivity index (χ3n) is 2.60. The molecule has 1 aliphatic heterocycles. The average Bonchev–Trinajstić information content (AvgIpc) is 2.87. The van der Waals surface area contributed by atoms with Crippen molar-refractivity contribution in [2.45, 2.75) is 12.5 Å². The summed E-state index contributed by atoms with van der Waals surface area (Å²) in [5, 5.41) is 11.0. The van der Waals surface area contributed by atoms with Crippen LogP contribution in [0.15, 0.2) is 6.20 Å². The van der Waals surface area contributed by atoms with E-state index >= 15 is 0 Å². The molecule has 0 spiro atoms. The van der Waals surface area contributed by atoms with Gasteiger partial charge in [-0.3, -0.25) is 5.10 Å². The number of hydrogen-bond acceptors (Lipinski definition) is 6. The summed E-state index contributed by atoms with van der Waals surface area (Å²) in [5.41, 5.74) is 6.32. The lowest BCUT2D eigenvalue weighted by Crippen LogP contribution is -2.19. The number of hydrogen-bond donors (Lipinski definition) is 3. The van der Waals surface area contributed by atoms with Crippen LogP contribution in [-0.2, 0) is 0 Å². The second kappa shape index (κ2) is 3.82. The van der Waals surface area contributed by atoms with Crippen molar-refractivity contribution in [3.63, 3.8) is 0 Å². The monoisotopic (exact) mass is 236 g/mol. The number of aromatic amines is 1. The van der Waals surface area contributed by atoms with Gasteiger partial charge >= 0.3 is 0 Å². The summed E-state index contributed by atoms with van der Waals surface area (Å²) >= 11 is 1.95. The molecule has 1 saturated heterocycles. The first-order valence-electron chi connectivity index (χ1n) is 5.14. The van der Waals surface area contributed by atoms with Crippen LogP contribution in [0.1, 0.15) is 6.42 Å². The number of fused-ring (bicyclic) bond motifs is 1. The quantitative estimate of drug-likeness (QED) is 0.716. The minimum atomic E-state index is 0.268. The lowest BCUT2D eigenvalue weighted by Gasteiger charge is -2.12. The number of nitrogens with one attached hydrogen (secondary N) is 2. The molecule has 0 saturated carbocycles. The first-order chi connectivity index (χ1) is 7.83. The molecule has 6 nitrogen and oxygen atoms in total. The van der Waals surface area contributed by atoms with Gasteiger partial charge < -0.3 is 11.1 Å². The molecule has 2 aromatic rings. The first-order valence-corrected chi connectivity index (χ1v) is 6.29. The molecule has 3 heterocycles. The van der Waals surface area contributed by atoms with Gasteiger partial charge in [0, 0.05) is 11.8 Å². The van der Waals surface area contributed by atoms with Crippen molar-refractivity contribution >= 4 is 34.6 Å². The van der Waals surface area contributed by atoms with Crippen LogP contribution < -0.4 is 11.1 Å². The van der Waals surface area contributed by atoms with Crippen LogP contribution >= 0.6 is 11.8 Å². The molecular formula is C9H12N6S. The zero-order valence-electron chi connectivity index (χ0n) is 8.60. The van der Waals surface area contributed by atoms with Crippen LogP contribution in [0.4, 0.5) is 11.8 Å². The number of H-pyrrole nitrogens is 1. The molecule has 0 radical (unpaired) electrons. The van der Waals surface area contributed by atoms with Crippen LogP contribution in [0, 0.1) is 0 Å². The van der Waals surface area contributed by atoms with Gasteiger partial charge in [-0.2, -0.15) is 26.8 Å². The normalized spacial score (nSPS) is 20.4. The van der Waals surface area contributed by atoms with Crippen molar-refractivity contribution in [3.05, 3.63) is 6.20 Å². The van der Waals surface area contributed by atoms with Crippen LogP contribution in [0.3, 0.4) is 0 Å². The van der Waals surface area contributed by atoms with Gasteiger partial charge in [0.1, 0.15) is 5.82 Å². The molecule has 0 aromatic carbocycles. The zero-order chi connectivity index (χ0) is 11.0. The van der Waals surface area contributed by atoms with Gasteiger partial charge in [0.25, 0.3) is 0 Å². The summed E-state index contributed by atoms with van der Waals surface area (Å²) in [7, 11) is 0. The second-order valence-corrected chi connectivity index (χ2v) is 4.92. The van der Waals surface area contributed by atoms with Gasteiger partial charge in [0.2, 0.25) is 5.95 Å². The fourth-order valence-corrected chi connectivity index (χ4v) is 2.96. The van der Waals surface area contributed by atoms with Crippen LogP contribution in [0.2, 0.25) is 0 Å². The topological polar surface area (TPSA) is 92.5 Å². The number of nitrogen functional groups attached to an aromatic ring is 1. The number of thioether (sulfide) groups is 1. The zero-order valence-corrected chi connectivity index (χ0v) is 9.42. The molecule has 2 aromatic heterocycles. The van der Waals surface area contributed by atoms with Crippen molar-refractivity contribution in [2.24, 2.45) is 0 Å². The average molecular weight is 236 g/mol. The smallest absolute Gasteiger partial charge is 0.224 e. The van der Waals surface area contributed by atoms with Crippen LogP contribution in [-0.4, -0.2) is 37.7 Å². The fourth-order valence-electron chi connectivity index (χ4n) is 1.80. The molecule has 1 aliphatic rings. The lowest BCUT2D eigenvalue weighted by molar-refractivity contribution is 0.808. The summed E-state index contributed by atoms with van der Waals surface area (Å²) < 4.78 is 0. The number of nitrogens with zero attached hydrogens (tertiary/aromatic N) is 3. The summed E-state index contributed by atoms with van der Waals surface area (Å²) in [4.78, 5) is 8.30. The largest absolute Gasteiger partial charge is 0.368 e. The summed E-state index contributed by atoms with van der Waals surface area (Å²) in [6, 6.07) is 0.470. The molecule has 7 heteroatoms. The molecule has 3 rings (SSSR count). The maximum Gasteiger partial charge on any atom is 0.224 e. The van der Waals surface area contributed by atoms with E-state index in [4.69, 9.17) is 5.73 Å². The molecule has 0 bridgehead atoms. The summed E-state index contributed by atoms with van der Waals surface area (Å²) in [6.07, 6.45) is 2.88. The highest BCUT2D eigenvalue weighted by molar-refractivity contribution is 7.99. The van der Waals surface area contributed by atoms with Crippen LogP contribution in [0.5, 0.6) is 0 Å². The minimum Gasteiger partial charge on any atom is -0.368 e. The van der Waals surface area contributed by atoms with Gasteiger partial charge in [0.15, 0.2) is 5.65 Å². The second-order valence-electron chi connectivity index (χ2n) is 3.77. The van der Waals surface area contributed by atoms with Gasteiger partial charge in [-0.15, -0.1) is 0 Å². The maximum absolute atomic E-state index is 5.64. The van der Waals surface area contributed by atoms with Gasteiger partial charge in [-0.25, -0.2) is 0 Å². The van der Waals surface area contributed by atoms with E-state index in [9.17, 15) is 0 Å². The highest BCUT2D eigenvalue weighted by atomic mass is 32.2. The van der Waals surface area contributed by atoms with Crippen molar-refractivity contribution in [2.75, 3.05) is 22.6 Å². The summed E-state index contributed by atoms with van der Waals surface area (Å²) in [6.45, 7) is 0. The Balaban J connectivity index is 1.97. The summed E-state index contributed by atoms with van der Waals surface area (Å²) in [5.74, 6) is 3.37. The van der Waals surface area contributed by atoms with Crippen LogP contribution in [0.25, 0.3) is 11.0 Å². The SMILES string of the molecule is Nc1nc(N[C@@H]2CCSC2)c2cn[nH]c2n1. The van der Waals surface area contributed by atoms with Crippen molar-refractivity contribution in [3.8, 4) is 0 Å². The van der Waals surface area contributed by atoms with Crippen molar-refractivity contribution in [1.82, 2.24) is 20.2 Å². The predicted octanol–water partition coefficient (Wildman–Crippen LogP) is 0.852. The van der Waals surface area contributed by atoms with Crippen molar-refractivity contribution in [1.29, 1.82) is 0 Å². The molecule has 0 unspecified atom stereocenters. The first kappa shape index (κ1) is 9.71. The Morgan fingerprint density at radius 3 is 3.25 bits per heavy atom. The minimum absolute atomic E-state index is 0.268. The van der Waals surface area contributed by atoms with E-state index in [1.807, 2.05) is 11.8 Å². The van der Waals surface area contributed by atoms with E-state index in [1.54, 1.807) is 6.20 Å². The Bertz CT molecular complexity index is 504. The molecule has 0 amide bonds. The Morgan fingerprint density at radius 1 is 1.50 bits per heavy atom. The Labute approximate surface area is 96.4 Å². The third-order valence-corrected chi connectivity index (χ3v) is 3.76. The predicted molar refractivity (Wildman–Crippen MR) is 65.4 cm³/mol. The highest BCUT2D eigenvalue weighted by Gasteiger charge is 2.17. The van der Waals surface area contributed by atoms with E-state index in [0.717, 1.165) is 23.4 Å². The molecule has 1 atom stereocenters. The van der Waals surface area contributed by atoms with E-state index in [1.165, 1.54) is 5.75 Å². The fraction of sp³-hybridized carbons (Fsp3) is 0.444. The number of anilines is 2. The van der Waals surface area contributed by atoms with Gasteiger partial charge in [-0.05, 0) is 12.2 Å². The number of nitrogens with two attached hydrogens (primary N) is 1. The maximum atomic E-state index is 5.64. The lowest BCUT2D eigenvalue weighted by atomic mass is 10.2. The Kier molecular flexibility index (Phi) is 2.32. The molecule has 0 aliphatic carbocycles. The highest BCUT2D eigenvalue weighted by Crippen LogP contribution is 2.24. The van der Waals surface area contributed by atoms with E-state index in [2.05, 4.69) is 25.5 Å². The Hall–Kier alpha value is -1.50. The molecular weight excluding hydrogens is 224 g/mol. The molecule has 4 N–H and O–H groups in total. The van der Waals surface area contributed by atoms with Gasteiger partial charge in [0.05, 0.1) is 11.6 Å². The molecule has 84 valence electrons. The van der Waals surface area contributed by atoms with E-state index < -0.39 is 0 Å². The third kappa shape index (κ3) is 1.67. The van der Waals surface area contributed by atoms with E-state index in [0.29, 0.717) is 11.7 Å². The standard InChI is InChI=1S/C9H12N6S/c10-9-13-7(12-5-1-2-16-4-5)6-3-11-15-8(6)14-9/h3,5H,1-2,4H2,(H4,10,11,12,13,14,15)/t5-/m1/s1. The Morgan fingerprint density at radius 2 is 2.44 bits per heavy atom. The number of aromatic nitrogens is 4. The van der Waals surface area contributed by atoms with Crippen molar-refractivity contribution < 1.29 is 0 Å². The molecule has 16 heavy (non-hydrogen) atoms. The number of rotatable bonds is 2. The molecule has 1 fully saturated rings. The van der Waals surface area contributed by atoms with Gasteiger partial charge in [-0.1, -0.05) is 0 Å².